The van der Waals surface area contributed by atoms with Gasteiger partial charge in [-0.15, -0.1) is 0 Å². The van der Waals surface area contributed by atoms with Gasteiger partial charge in [-0.05, 0) is 29.8 Å². The molecule has 0 aliphatic rings. The van der Waals surface area contributed by atoms with Gasteiger partial charge in [0.25, 0.3) is 5.89 Å². The summed E-state index contributed by atoms with van der Waals surface area (Å²) in [7, 11) is 1.49. The van der Waals surface area contributed by atoms with Crippen molar-refractivity contribution in [2.24, 2.45) is 0 Å². The summed E-state index contributed by atoms with van der Waals surface area (Å²) in [4.78, 5) is 8.39. The first kappa shape index (κ1) is 13.1. The van der Waals surface area contributed by atoms with Gasteiger partial charge in [-0.25, -0.2) is 0 Å². The summed E-state index contributed by atoms with van der Waals surface area (Å²) >= 11 is 0. The molecule has 1 aromatic carbocycles. The van der Waals surface area contributed by atoms with Gasteiger partial charge in [0.15, 0.2) is 17.3 Å². The van der Waals surface area contributed by atoms with E-state index in [9.17, 15) is 5.11 Å². The molecule has 0 radical (unpaired) electrons. The van der Waals surface area contributed by atoms with E-state index in [1.54, 1.807) is 24.5 Å². The minimum Gasteiger partial charge on any atom is -0.504 e. The Balaban J connectivity index is 1.85. The van der Waals surface area contributed by atoms with Gasteiger partial charge < -0.3 is 14.4 Å². The van der Waals surface area contributed by atoms with E-state index in [1.807, 2.05) is 12.1 Å². The molecule has 0 fully saturated rings. The summed E-state index contributed by atoms with van der Waals surface area (Å²) in [5.74, 6) is 1.38. The van der Waals surface area contributed by atoms with Crippen molar-refractivity contribution in [3.8, 4) is 23.0 Å². The normalized spacial score (nSPS) is 10.5. The molecule has 6 nitrogen and oxygen atoms in total. The highest BCUT2D eigenvalue weighted by atomic mass is 16.5. The third-order valence-corrected chi connectivity index (χ3v) is 2.98. The van der Waals surface area contributed by atoms with E-state index < -0.39 is 0 Å². The number of hydrogen-bond acceptors (Lipinski definition) is 6. The van der Waals surface area contributed by atoms with E-state index in [4.69, 9.17) is 9.26 Å². The molecule has 0 atom stereocenters. The average molecular weight is 283 g/mol. The minimum absolute atomic E-state index is 0.0661. The molecule has 3 rings (SSSR count). The minimum atomic E-state index is 0.0661. The molecule has 3 aromatic rings. The van der Waals surface area contributed by atoms with Crippen LogP contribution in [-0.4, -0.2) is 27.3 Å². The van der Waals surface area contributed by atoms with Crippen molar-refractivity contribution in [2.75, 3.05) is 7.11 Å². The van der Waals surface area contributed by atoms with Crippen LogP contribution >= 0.6 is 0 Å². The van der Waals surface area contributed by atoms with Gasteiger partial charge >= 0.3 is 0 Å². The van der Waals surface area contributed by atoms with Gasteiger partial charge in [0.2, 0.25) is 0 Å². The average Bonchev–Trinajstić information content (AvgIpc) is 2.97. The lowest BCUT2D eigenvalue weighted by atomic mass is 10.2. The Morgan fingerprint density at radius 3 is 2.95 bits per heavy atom. The SMILES string of the molecule is COc1cc(-c2nc(Cc3cccnc3)no2)ccc1O. The molecule has 0 amide bonds. The third kappa shape index (κ3) is 2.84. The molecule has 0 saturated heterocycles. The summed E-state index contributed by atoms with van der Waals surface area (Å²) in [6.07, 6.45) is 4.03. The molecule has 0 bridgehead atoms. The van der Waals surface area contributed by atoms with Gasteiger partial charge in [-0.1, -0.05) is 11.2 Å². The Kier molecular flexibility index (Phi) is 3.51. The quantitative estimate of drug-likeness (QED) is 0.792. The van der Waals surface area contributed by atoms with Crippen LogP contribution in [0.5, 0.6) is 11.5 Å². The molecule has 0 spiro atoms. The van der Waals surface area contributed by atoms with Crippen molar-refractivity contribution in [3.05, 3.63) is 54.1 Å². The van der Waals surface area contributed by atoms with Gasteiger partial charge in [0.05, 0.1) is 7.11 Å². The lowest BCUT2D eigenvalue weighted by molar-refractivity contribution is 0.373. The molecule has 21 heavy (non-hydrogen) atoms. The number of aromatic hydroxyl groups is 1. The molecule has 0 unspecified atom stereocenters. The maximum atomic E-state index is 9.58. The Morgan fingerprint density at radius 2 is 2.19 bits per heavy atom. The lowest BCUT2D eigenvalue weighted by Gasteiger charge is -2.03. The van der Waals surface area contributed by atoms with Crippen LogP contribution in [0.15, 0.2) is 47.2 Å². The van der Waals surface area contributed by atoms with Crippen LogP contribution in [0.4, 0.5) is 0 Å². The number of phenolic OH excluding ortho intramolecular Hbond substituents is 1. The van der Waals surface area contributed by atoms with Crippen LogP contribution in [0, 0.1) is 0 Å². The molecule has 0 saturated carbocycles. The molecular weight excluding hydrogens is 270 g/mol. The van der Waals surface area contributed by atoms with Crippen LogP contribution in [0.2, 0.25) is 0 Å². The number of phenols is 1. The van der Waals surface area contributed by atoms with E-state index in [-0.39, 0.29) is 5.75 Å². The van der Waals surface area contributed by atoms with E-state index in [0.717, 1.165) is 5.56 Å². The number of pyridine rings is 1. The Hall–Kier alpha value is -2.89. The number of nitrogens with zero attached hydrogens (tertiary/aromatic N) is 3. The highest BCUT2D eigenvalue weighted by Crippen LogP contribution is 2.30. The van der Waals surface area contributed by atoms with E-state index in [2.05, 4.69) is 15.1 Å². The fourth-order valence-electron chi connectivity index (χ4n) is 1.94. The first-order chi connectivity index (χ1) is 10.3. The zero-order valence-corrected chi connectivity index (χ0v) is 11.4. The van der Waals surface area contributed by atoms with Crippen molar-refractivity contribution in [2.45, 2.75) is 6.42 Å². The predicted octanol–water partition coefficient (Wildman–Crippen LogP) is 2.44. The molecular formula is C15H13N3O3. The van der Waals surface area contributed by atoms with Gasteiger partial charge in [-0.2, -0.15) is 4.98 Å². The summed E-state index contributed by atoms with van der Waals surface area (Å²) in [5.41, 5.74) is 1.70. The van der Waals surface area contributed by atoms with Crippen molar-refractivity contribution < 1.29 is 14.4 Å². The van der Waals surface area contributed by atoms with Crippen molar-refractivity contribution in [3.63, 3.8) is 0 Å². The Morgan fingerprint density at radius 1 is 1.29 bits per heavy atom. The Bertz CT molecular complexity index is 741. The topological polar surface area (TPSA) is 81.3 Å². The fourth-order valence-corrected chi connectivity index (χ4v) is 1.94. The van der Waals surface area contributed by atoms with Crippen LogP contribution in [0.25, 0.3) is 11.5 Å². The second-order valence-corrected chi connectivity index (χ2v) is 4.44. The standard InChI is InChI=1S/C15H13N3O3/c1-20-13-8-11(4-5-12(13)19)15-17-14(18-21-15)7-10-3-2-6-16-9-10/h2-6,8-9,19H,7H2,1H3. The van der Waals surface area contributed by atoms with Crippen LogP contribution in [0.1, 0.15) is 11.4 Å². The molecule has 0 aliphatic heterocycles. The van der Waals surface area contributed by atoms with Crippen LogP contribution in [0.3, 0.4) is 0 Å². The number of aromatic nitrogens is 3. The number of rotatable bonds is 4. The molecule has 6 heteroatoms. The zero-order chi connectivity index (χ0) is 14.7. The second kappa shape index (κ2) is 5.62. The maximum Gasteiger partial charge on any atom is 0.258 e. The van der Waals surface area contributed by atoms with Crippen molar-refractivity contribution in [1.29, 1.82) is 0 Å². The highest BCUT2D eigenvalue weighted by Gasteiger charge is 2.12. The van der Waals surface area contributed by atoms with E-state index >= 15 is 0 Å². The maximum absolute atomic E-state index is 9.58. The third-order valence-electron chi connectivity index (χ3n) is 2.98. The second-order valence-electron chi connectivity index (χ2n) is 4.44. The van der Waals surface area contributed by atoms with Gasteiger partial charge in [0, 0.05) is 24.4 Å². The van der Waals surface area contributed by atoms with Gasteiger partial charge in [-0.3, -0.25) is 4.98 Å². The molecule has 106 valence electrons. The number of methoxy groups -OCH3 is 1. The first-order valence-electron chi connectivity index (χ1n) is 6.35. The first-order valence-corrected chi connectivity index (χ1v) is 6.35. The summed E-state index contributed by atoms with van der Waals surface area (Å²) in [6.45, 7) is 0. The van der Waals surface area contributed by atoms with Crippen LogP contribution < -0.4 is 4.74 Å². The number of ether oxygens (including phenoxy) is 1. The summed E-state index contributed by atoms with van der Waals surface area (Å²) < 4.78 is 10.3. The molecule has 1 N–H and O–H groups in total. The van der Waals surface area contributed by atoms with Crippen molar-refractivity contribution in [1.82, 2.24) is 15.1 Å². The molecule has 2 aromatic heterocycles. The summed E-state index contributed by atoms with van der Waals surface area (Å²) in [5, 5.41) is 13.5. The summed E-state index contributed by atoms with van der Waals surface area (Å²) in [6, 6.07) is 8.68. The monoisotopic (exact) mass is 283 g/mol. The molecule has 2 heterocycles. The smallest absolute Gasteiger partial charge is 0.258 e. The van der Waals surface area contributed by atoms with E-state index in [0.29, 0.717) is 29.4 Å². The number of benzene rings is 1. The Labute approximate surface area is 121 Å². The zero-order valence-electron chi connectivity index (χ0n) is 11.4. The van der Waals surface area contributed by atoms with Crippen molar-refractivity contribution >= 4 is 0 Å². The predicted molar refractivity (Wildman–Crippen MR) is 75.0 cm³/mol. The largest absolute Gasteiger partial charge is 0.504 e. The molecule has 0 aliphatic carbocycles. The van der Waals surface area contributed by atoms with Gasteiger partial charge in [0.1, 0.15) is 0 Å². The number of hydrogen-bond donors (Lipinski definition) is 1. The van der Waals surface area contributed by atoms with Crippen LogP contribution in [-0.2, 0) is 6.42 Å². The lowest BCUT2D eigenvalue weighted by Crippen LogP contribution is -1.91. The highest BCUT2D eigenvalue weighted by molar-refractivity contribution is 5.59. The van der Waals surface area contributed by atoms with E-state index in [1.165, 1.54) is 13.2 Å². The fraction of sp³-hybridized carbons (Fsp3) is 0.133.